The van der Waals surface area contributed by atoms with Crippen LogP contribution in [0.1, 0.15) is 43.9 Å². The van der Waals surface area contributed by atoms with Crippen molar-refractivity contribution in [2.75, 3.05) is 10.2 Å². The molecule has 0 aliphatic carbocycles. The number of rotatable bonds is 9. The maximum atomic E-state index is 13.6. The molecule has 1 atom stereocenters. The number of hydrogen-bond acceptors (Lipinski definition) is 4. The first-order valence-corrected chi connectivity index (χ1v) is 11.4. The molecular weight excluding hydrogens is 447 g/mol. The van der Waals surface area contributed by atoms with Crippen molar-refractivity contribution in [2.24, 2.45) is 0 Å². The predicted molar refractivity (Wildman–Crippen MR) is 133 cm³/mol. The highest BCUT2D eigenvalue weighted by molar-refractivity contribution is 6.03. The van der Waals surface area contributed by atoms with Gasteiger partial charge < -0.3 is 10.6 Å². The summed E-state index contributed by atoms with van der Waals surface area (Å²) in [4.78, 5) is 44.7. The van der Waals surface area contributed by atoms with Gasteiger partial charge in [-0.2, -0.15) is 0 Å². The lowest BCUT2D eigenvalue weighted by Crippen LogP contribution is -2.46. The number of amides is 3. The fourth-order valence-corrected chi connectivity index (χ4v) is 3.55. The van der Waals surface area contributed by atoms with Crippen LogP contribution in [-0.4, -0.2) is 28.7 Å². The highest BCUT2D eigenvalue weighted by Crippen LogP contribution is 2.30. The second-order valence-corrected chi connectivity index (χ2v) is 8.48. The lowest BCUT2D eigenvalue weighted by atomic mass is 10.0. The van der Waals surface area contributed by atoms with E-state index < -0.39 is 23.7 Å². The Bertz CT molecular complexity index is 1150. The van der Waals surface area contributed by atoms with E-state index in [1.54, 1.807) is 36.5 Å². The highest BCUT2D eigenvalue weighted by Gasteiger charge is 2.33. The van der Waals surface area contributed by atoms with Gasteiger partial charge in [0, 0.05) is 30.8 Å². The number of aryl methyl sites for hydroxylation is 1. The SMILES string of the molecule is Cc1ccc(N(C(=O)CCC(=O)Nc2ccccn2)[C@@H](C(=O)NC(C)C)c2ccc(F)cc2)cc1. The molecule has 3 rings (SSSR count). The highest BCUT2D eigenvalue weighted by atomic mass is 19.1. The number of halogens is 1. The maximum absolute atomic E-state index is 13.6. The Kier molecular flexibility index (Phi) is 8.67. The van der Waals surface area contributed by atoms with E-state index in [1.807, 2.05) is 32.9 Å². The smallest absolute Gasteiger partial charge is 0.248 e. The van der Waals surface area contributed by atoms with Crippen LogP contribution in [0.4, 0.5) is 15.9 Å². The second kappa shape index (κ2) is 11.9. The first-order valence-electron chi connectivity index (χ1n) is 11.4. The molecular formula is C27H29FN4O3. The zero-order valence-corrected chi connectivity index (χ0v) is 20.0. The normalized spacial score (nSPS) is 11.6. The number of anilines is 2. The molecule has 7 nitrogen and oxygen atoms in total. The molecule has 35 heavy (non-hydrogen) atoms. The molecule has 0 aliphatic rings. The molecule has 8 heteroatoms. The zero-order chi connectivity index (χ0) is 25.4. The monoisotopic (exact) mass is 476 g/mol. The number of nitrogens with zero attached hydrogens (tertiary/aromatic N) is 2. The van der Waals surface area contributed by atoms with Crippen LogP contribution < -0.4 is 15.5 Å². The van der Waals surface area contributed by atoms with E-state index in [1.165, 1.54) is 29.2 Å². The van der Waals surface area contributed by atoms with Crippen molar-refractivity contribution in [1.82, 2.24) is 10.3 Å². The molecule has 0 saturated heterocycles. The largest absolute Gasteiger partial charge is 0.352 e. The Morgan fingerprint density at radius 2 is 1.63 bits per heavy atom. The number of benzene rings is 2. The Labute approximate surface area is 204 Å². The Morgan fingerprint density at radius 3 is 2.23 bits per heavy atom. The summed E-state index contributed by atoms with van der Waals surface area (Å²) in [7, 11) is 0. The first kappa shape index (κ1) is 25.6. The van der Waals surface area contributed by atoms with Gasteiger partial charge in [-0.15, -0.1) is 0 Å². The molecule has 2 N–H and O–H groups in total. The minimum Gasteiger partial charge on any atom is -0.352 e. The quantitative estimate of drug-likeness (QED) is 0.474. The average Bonchev–Trinajstić information content (AvgIpc) is 2.82. The third kappa shape index (κ3) is 7.20. The number of nitrogens with one attached hydrogen (secondary N) is 2. The van der Waals surface area contributed by atoms with Gasteiger partial charge in [-0.25, -0.2) is 9.37 Å². The molecule has 0 bridgehead atoms. The van der Waals surface area contributed by atoms with Crippen LogP contribution in [0.5, 0.6) is 0 Å². The van der Waals surface area contributed by atoms with Gasteiger partial charge in [-0.1, -0.05) is 35.9 Å². The van der Waals surface area contributed by atoms with Crippen molar-refractivity contribution in [2.45, 2.75) is 45.7 Å². The summed E-state index contributed by atoms with van der Waals surface area (Å²) in [5.74, 6) is -1.25. The average molecular weight is 477 g/mol. The summed E-state index contributed by atoms with van der Waals surface area (Å²) >= 11 is 0. The summed E-state index contributed by atoms with van der Waals surface area (Å²) in [5, 5.41) is 5.51. The van der Waals surface area contributed by atoms with Crippen molar-refractivity contribution in [1.29, 1.82) is 0 Å². The third-order valence-electron chi connectivity index (χ3n) is 5.20. The van der Waals surface area contributed by atoms with E-state index in [9.17, 15) is 18.8 Å². The van der Waals surface area contributed by atoms with Crippen LogP contribution in [-0.2, 0) is 14.4 Å². The molecule has 2 aromatic carbocycles. The first-order chi connectivity index (χ1) is 16.7. The molecule has 0 fully saturated rings. The van der Waals surface area contributed by atoms with Gasteiger partial charge in [0.25, 0.3) is 0 Å². The van der Waals surface area contributed by atoms with E-state index in [4.69, 9.17) is 0 Å². The van der Waals surface area contributed by atoms with Crippen molar-refractivity contribution in [3.8, 4) is 0 Å². The molecule has 0 spiro atoms. The standard InChI is InChI=1S/C27H29FN4O3/c1-18(2)30-27(35)26(20-9-11-21(28)12-10-20)32(22-13-7-19(3)8-14-22)25(34)16-15-24(33)31-23-6-4-5-17-29-23/h4-14,17-18,26H,15-16H2,1-3H3,(H,30,35)(H,29,31,33)/t26-/m1/s1. The van der Waals surface area contributed by atoms with E-state index in [0.29, 0.717) is 17.1 Å². The molecule has 182 valence electrons. The molecule has 0 radical (unpaired) electrons. The van der Waals surface area contributed by atoms with Gasteiger partial charge in [-0.3, -0.25) is 19.3 Å². The van der Waals surface area contributed by atoms with E-state index >= 15 is 0 Å². The topological polar surface area (TPSA) is 91.4 Å². The Morgan fingerprint density at radius 1 is 0.943 bits per heavy atom. The van der Waals surface area contributed by atoms with E-state index in [-0.39, 0.29) is 24.8 Å². The van der Waals surface area contributed by atoms with Crippen LogP contribution in [0.3, 0.4) is 0 Å². The van der Waals surface area contributed by atoms with E-state index in [0.717, 1.165) is 5.56 Å². The Hall–Kier alpha value is -4.07. The maximum Gasteiger partial charge on any atom is 0.248 e. The number of hydrogen-bond donors (Lipinski definition) is 2. The molecule has 0 aliphatic heterocycles. The van der Waals surface area contributed by atoms with Crippen molar-refractivity contribution < 1.29 is 18.8 Å². The van der Waals surface area contributed by atoms with Gasteiger partial charge >= 0.3 is 0 Å². The summed E-state index contributed by atoms with van der Waals surface area (Å²) in [5.41, 5.74) is 1.94. The van der Waals surface area contributed by atoms with Gasteiger partial charge in [0.15, 0.2) is 0 Å². The van der Waals surface area contributed by atoms with Crippen LogP contribution >= 0.6 is 0 Å². The lowest BCUT2D eigenvalue weighted by Gasteiger charge is -2.32. The number of aromatic nitrogens is 1. The van der Waals surface area contributed by atoms with Gasteiger partial charge in [0.1, 0.15) is 17.7 Å². The van der Waals surface area contributed by atoms with Gasteiger partial charge in [0.2, 0.25) is 17.7 Å². The minimum atomic E-state index is -1.05. The predicted octanol–water partition coefficient (Wildman–Crippen LogP) is 4.55. The molecule has 0 saturated carbocycles. The summed E-state index contributed by atoms with van der Waals surface area (Å²) in [6, 6.07) is 16.6. The van der Waals surface area contributed by atoms with Gasteiger partial charge in [0.05, 0.1) is 0 Å². The van der Waals surface area contributed by atoms with Crippen molar-refractivity contribution in [3.05, 3.63) is 89.9 Å². The third-order valence-corrected chi connectivity index (χ3v) is 5.20. The van der Waals surface area contributed by atoms with Crippen LogP contribution in [0, 0.1) is 12.7 Å². The Balaban J connectivity index is 1.92. The molecule has 1 aromatic heterocycles. The molecule has 3 aromatic rings. The summed E-state index contributed by atoms with van der Waals surface area (Å²) in [6.45, 7) is 5.56. The fraction of sp³-hybridized carbons (Fsp3) is 0.259. The van der Waals surface area contributed by atoms with Crippen LogP contribution in [0.15, 0.2) is 72.9 Å². The second-order valence-electron chi connectivity index (χ2n) is 8.48. The zero-order valence-electron chi connectivity index (χ0n) is 20.0. The molecule has 3 amide bonds. The number of carbonyl (C=O) groups excluding carboxylic acids is 3. The van der Waals surface area contributed by atoms with Crippen LogP contribution in [0.25, 0.3) is 0 Å². The van der Waals surface area contributed by atoms with Crippen molar-refractivity contribution >= 4 is 29.2 Å². The molecule has 0 unspecified atom stereocenters. The summed E-state index contributed by atoms with van der Waals surface area (Å²) in [6.07, 6.45) is 1.32. The van der Waals surface area contributed by atoms with Crippen LogP contribution in [0.2, 0.25) is 0 Å². The number of pyridine rings is 1. The molecule has 1 heterocycles. The minimum absolute atomic E-state index is 0.0975. The van der Waals surface area contributed by atoms with Gasteiger partial charge in [-0.05, 0) is 62.7 Å². The lowest BCUT2D eigenvalue weighted by molar-refractivity contribution is -0.127. The summed E-state index contributed by atoms with van der Waals surface area (Å²) < 4.78 is 13.6. The fourth-order valence-electron chi connectivity index (χ4n) is 3.55. The number of carbonyl (C=O) groups is 3. The van der Waals surface area contributed by atoms with E-state index in [2.05, 4.69) is 15.6 Å². The van der Waals surface area contributed by atoms with Crippen molar-refractivity contribution in [3.63, 3.8) is 0 Å².